The quantitative estimate of drug-likeness (QED) is 0.294. The third-order valence-corrected chi connectivity index (χ3v) is 8.66. The maximum atomic E-state index is 14.4. The lowest BCUT2D eigenvalue weighted by molar-refractivity contribution is -0.156. The van der Waals surface area contributed by atoms with Crippen LogP contribution in [0.4, 0.5) is 11.4 Å². The number of ether oxygens (including phenoxy) is 2. The summed E-state index contributed by atoms with van der Waals surface area (Å²) >= 11 is 0. The molecular weight excluding hydrogens is 498 g/mol. The molecule has 4 aliphatic rings. The molecule has 4 heterocycles. The molecule has 9 heteroatoms. The second-order valence-corrected chi connectivity index (χ2v) is 10.9. The van der Waals surface area contributed by atoms with E-state index in [-0.39, 0.29) is 25.0 Å². The zero-order valence-electron chi connectivity index (χ0n) is 23.0. The van der Waals surface area contributed by atoms with E-state index in [0.717, 1.165) is 30.9 Å². The standard InChI is InChI=1S/C30H39N3O6/c1-4-31(5-2)21-11-13-22(14-12-21)32-18-9-16-30-23(24-28(37)38-20-10-15-29(24,3)39-30)26(35)33(25(30)27(32)36)17-7-6-8-19-34/h9-16,23-25,34H,4-8,17-20H2,1-3H3/t23-,24-,25?,29+,30-/m0/s1. The minimum Gasteiger partial charge on any atom is -0.461 e. The number of carbonyl (C=O) groups is 3. The normalized spacial score (nSPS) is 31.5. The Balaban J connectivity index is 1.54. The molecule has 1 aromatic carbocycles. The van der Waals surface area contributed by atoms with E-state index in [4.69, 9.17) is 9.47 Å². The fourth-order valence-electron chi connectivity index (χ4n) is 6.83. The van der Waals surface area contributed by atoms with Crippen molar-refractivity contribution in [3.05, 3.63) is 48.6 Å². The average Bonchev–Trinajstić information content (AvgIpc) is 3.18. The monoisotopic (exact) mass is 537 g/mol. The van der Waals surface area contributed by atoms with Crippen LogP contribution in [-0.2, 0) is 23.9 Å². The van der Waals surface area contributed by atoms with E-state index in [1.807, 2.05) is 36.4 Å². The van der Waals surface area contributed by atoms with E-state index in [1.165, 1.54) is 0 Å². The van der Waals surface area contributed by atoms with Crippen molar-refractivity contribution in [2.45, 2.75) is 57.3 Å². The molecule has 39 heavy (non-hydrogen) atoms. The van der Waals surface area contributed by atoms with Crippen molar-refractivity contribution >= 4 is 29.2 Å². The van der Waals surface area contributed by atoms with Gasteiger partial charge in [0.25, 0.3) is 5.91 Å². The van der Waals surface area contributed by atoms with Crippen LogP contribution in [0.15, 0.2) is 48.6 Å². The third-order valence-electron chi connectivity index (χ3n) is 8.66. The lowest BCUT2D eigenvalue weighted by Gasteiger charge is -2.37. The zero-order chi connectivity index (χ0) is 27.8. The van der Waals surface area contributed by atoms with E-state index in [0.29, 0.717) is 25.9 Å². The Labute approximate surface area is 230 Å². The summed E-state index contributed by atoms with van der Waals surface area (Å²) in [6.07, 6.45) is 9.25. The summed E-state index contributed by atoms with van der Waals surface area (Å²) in [5.74, 6) is -2.70. The summed E-state index contributed by atoms with van der Waals surface area (Å²) in [4.78, 5) is 47.3. The maximum absolute atomic E-state index is 14.4. The van der Waals surface area contributed by atoms with Gasteiger partial charge < -0.3 is 29.3 Å². The van der Waals surface area contributed by atoms with Crippen LogP contribution in [0.25, 0.3) is 0 Å². The Morgan fingerprint density at radius 2 is 1.72 bits per heavy atom. The molecule has 0 bridgehead atoms. The van der Waals surface area contributed by atoms with Gasteiger partial charge in [-0.15, -0.1) is 0 Å². The fraction of sp³-hybridized carbons (Fsp3) is 0.567. The number of aliphatic hydroxyl groups excluding tert-OH is 1. The lowest BCUT2D eigenvalue weighted by atomic mass is 9.75. The molecule has 2 amide bonds. The third kappa shape index (κ3) is 4.45. The summed E-state index contributed by atoms with van der Waals surface area (Å²) in [7, 11) is 0. The molecule has 0 aromatic heterocycles. The van der Waals surface area contributed by atoms with Crippen molar-refractivity contribution in [3.63, 3.8) is 0 Å². The van der Waals surface area contributed by atoms with Crippen molar-refractivity contribution in [1.82, 2.24) is 4.90 Å². The number of hydrogen-bond acceptors (Lipinski definition) is 7. The highest BCUT2D eigenvalue weighted by atomic mass is 16.6. The van der Waals surface area contributed by atoms with Crippen molar-refractivity contribution < 1.29 is 29.0 Å². The zero-order valence-corrected chi connectivity index (χ0v) is 23.0. The Hall–Kier alpha value is -3.17. The first-order valence-electron chi connectivity index (χ1n) is 14.1. The summed E-state index contributed by atoms with van der Waals surface area (Å²) in [5.41, 5.74) is -0.537. The SMILES string of the molecule is CCN(CC)c1ccc(N2CC=C[C@]34O[C@]5(C)C=CCOC(=O)[C@@H]5[C@H]3C(=O)N(CCCCCO)C4C2=O)cc1. The van der Waals surface area contributed by atoms with Crippen molar-refractivity contribution in [2.75, 3.05) is 49.2 Å². The Morgan fingerprint density at radius 1 is 0.974 bits per heavy atom. The van der Waals surface area contributed by atoms with Gasteiger partial charge in [0, 0.05) is 44.2 Å². The molecule has 2 fully saturated rings. The van der Waals surface area contributed by atoms with E-state index < -0.39 is 35.0 Å². The van der Waals surface area contributed by atoms with Gasteiger partial charge >= 0.3 is 5.97 Å². The predicted octanol–water partition coefficient (Wildman–Crippen LogP) is 2.68. The Morgan fingerprint density at radius 3 is 2.41 bits per heavy atom. The predicted molar refractivity (Wildman–Crippen MR) is 147 cm³/mol. The van der Waals surface area contributed by atoms with Gasteiger partial charge in [-0.05, 0) is 70.4 Å². The molecule has 210 valence electrons. The van der Waals surface area contributed by atoms with Gasteiger partial charge in [0.1, 0.15) is 24.2 Å². The number of amides is 2. The van der Waals surface area contributed by atoms with Crippen LogP contribution in [0.5, 0.6) is 0 Å². The van der Waals surface area contributed by atoms with E-state index in [1.54, 1.807) is 28.9 Å². The van der Waals surface area contributed by atoms with Gasteiger partial charge in [-0.2, -0.15) is 0 Å². The number of anilines is 2. The summed E-state index contributed by atoms with van der Waals surface area (Å²) in [6.45, 7) is 8.65. The van der Waals surface area contributed by atoms with E-state index in [2.05, 4.69) is 18.7 Å². The molecule has 1 N–H and O–H groups in total. The number of aliphatic hydroxyl groups is 1. The Kier molecular flexibility index (Phi) is 7.57. The van der Waals surface area contributed by atoms with Gasteiger partial charge in [-0.25, -0.2) is 0 Å². The molecule has 4 aliphatic heterocycles. The number of unbranched alkanes of at least 4 members (excludes halogenated alkanes) is 2. The largest absolute Gasteiger partial charge is 0.461 e. The molecule has 9 nitrogen and oxygen atoms in total. The maximum Gasteiger partial charge on any atom is 0.313 e. The van der Waals surface area contributed by atoms with Gasteiger partial charge in [0.15, 0.2) is 0 Å². The molecule has 0 saturated carbocycles. The van der Waals surface area contributed by atoms with Crippen LogP contribution in [0.2, 0.25) is 0 Å². The minimum absolute atomic E-state index is 0.0740. The number of rotatable bonds is 9. The number of cyclic esters (lactones) is 1. The van der Waals surface area contributed by atoms with Gasteiger partial charge in [-0.1, -0.05) is 18.2 Å². The molecule has 0 radical (unpaired) electrons. The summed E-state index contributed by atoms with van der Waals surface area (Å²) < 4.78 is 12.2. The van der Waals surface area contributed by atoms with Crippen LogP contribution < -0.4 is 9.80 Å². The molecule has 1 aromatic rings. The van der Waals surface area contributed by atoms with Crippen molar-refractivity contribution in [1.29, 1.82) is 0 Å². The first kappa shape index (κ1) is 27.4. The number of benzene rings is 1. The van der Waals surface area contributed by atoms with Crippen molar-refractivity contribution in [3.8, 4) is 0 Å². The fourth-order valence-corrected chi connectivity index (χ4v) is 6.83. The summed E-state index contributed by atoms with van der Waals surface area (Å²) in [5, 5.41) is 9.24. The van der Waals surface area contributed by atoms with Crippen LogP contribution in [-0.4, -0.2) is 84.4 Å². The number of hydrogen-bond donors (Lipinski definition) is 1. The summed E-state index contributed by atoms with van der Waals surface area (Å²) in [6, 6.07) is 6.99. The number of nitrogens with zero attached hydrogens (tertiary/aromatic N) is 3. The minimum atomic E-state index is -1.29. The molecule has 5 rings (SSSR count). The van der Waals surface area contributed by atoms with Crippen molar-refractivity contribution in [2.24, 2.45) is 11.8 Å². The first-order chi connectivity index (χ1) is 18.8. The first-order valence-corrected chi connectivity index (χ1v) is 14.1. The smallest absolute Gasteiger partial charge is 0.313 e. The van der Waals surface area contributed by atoms with Gasteiger partial charge in [0.05, 0.1) is 11.5 Å². The number of carbonyl (C=O) groups excluding carboxylic acids is 3. The molecule has 2 saturated heterocycles. The van der Waals surface area contributed by atoms with Crippen LogP contribution in [0.1, 0.15) is 40.0 Å². The van der Waals surface area contributed by atoms with E-state index >= 15 is 0 Å². The average molecular weight is 538 g/mol. The highest BCUT2D eigenvalue weighted by molar-refractivity contribution is 6.05. The number of esters is 1. The van der Waals surface area contributed by atoms with Crippen LogP contribution in [0, 0.1) is 11.8 Å². The second kappa shape index (κ2) is 10.8. The molecule has 1 unspecified atom stereocenters. The van der Waals surface area contributed by atoms with Gasteiger partial charge in [0.2, 0.25) is 5.91 Å². The Bertz CT molecular complexity index is 1160. The molecule has 5 atom stereocenters. The van der Waals surface area contributed by atoms with Gasteiger partial charge in [-0.3, -0.25) is 14.4 Å². The molecular formula is C30H39N3O6. The van der Waals surface area contributed by atoms with E-state index in [9.17, 15) is 19.5 Å². The van der Waals surface area contributed by atoms with Crippen LogP contribution >= 0.6 is 0 Å². The van der Waals surface area contributed by atoms with Crippen LogP contribution in [0.3, 0.4) is 0 Å². The topological polar surface area (TPSA) is 99.6 Å². The highest BCUT2D eigenvalue weighted by Gasteiger charge is 2.74. The lowest BCUT2D eigenvalue weighted by Crippen LogP contribution is -2.56. The second-order valence-electron chi connectivity index (χ2n) is 10.9. The highest BCUT2D eigenvalue weighted by Crippen LogP contribution is 2.57. The molecule has 0 aliphatic carbocycles. The molecule has 1 spiro atoms. The number of likely N-dealkylation sites (tertiary alicyclic amines) is 1. The number of fused-ring (bicyclic) bond motifs is 2.